The molecule has 0 heterocycles. The Kier molecular flexibility index (Phi) is 5.43. The van der Waals surface area contributed by atoms with Crippen molar-refractivity contribution in [3.8, 4) is 0 Å². The molecule has 1 aromatic carbocycles. The lowest BCUT2D eigenvalue weighted by atomic mass is 10.2. The van der Waals surface area contributed by atoms with Crippen molar-refractivity contribution in [2.75, 3.05) is 18.5 Å². The van der Waals surface area contributed by atoms with Crippen LogP contribution >= 0.6 is 12.2 Å². The van der Waals surface area contributed by atoms with Crippen LogP contribution in [0.1, 0.15) is 19.4 Å². The molecule has 0 amide bonds. The summed E-state index contributed by atoms with van der Waals surface area (Å²) in [6, 6.07) is 2.22. The molecule has 0 spiro atoms. The molecule has 1 rings (SSSR count). The van der Waals surface area contributed by atoms with Crippen LogP contribution in [0.15, 0.2) is 12.1 Å². The average Bonchev–Trinajstić information content (AvgIpc) is 2.26. The summed E-state index contributed by atoms with van der Waals surface area (Å²) in [5.41, 5.74) is 5.29. The minimum Gasteiger partial charge on any atom is -0.389 e. The second-order valence-corrected chi connectivity index (χ2v) is 4.47. The number of hydrogen-bond donors (Lipinski definition) is 2. The highest BCUT2D eigenvalue weighted by atomic mass is 32.1. The van der Waals surface area contributed by atoms with E-state index in [-0.39, 0.29) is 22.3 Å². The number of ether oxygens (including phenoxy) is 1. The Balaban J connectivity index is 2.69. The molecule has 0 aliphatic heterocycles. The van der Waals surface area contributed by atoms with Crippen LogP contribution in [-0.4, -0.2) is 24.2 Å². The molecule has 0 saturated carbocycles. The van der Waals surface area contributed by atoms with E-state index in [0.717, 1.165) is 12.1 Å². The quantitative estimate of drug-likeness (QED) is 0.618. The zero-order valence-electron chi connectivity index (χ0n) is 10.3. The zero-order valence-corrected chi connectivity index (χ0v) is 11.1. The molecule has 0 aromatic heterocycles. The number of nitrogens with one attached hydrogen (secondary N) is 1. The Morgan fingerprint density at radius 1 is 1.39 bits per heavy atom. The summed E-state index contributed by atoms with van der Waals surface area (Å²) >= 11 is 4.66. The Morgan fingerprint density at radius 2 is 1.94 bits per heavy atom. The molecule has 0 saturated heterocycles. The Bertz CT molecular complexity index is 415. The van der Waals surface area contributed by atoms with E-state index in [9.17, 15) is 8.78 Å². The minimum absolute atomic E-state index is 0.0394. The van der Waals surface area contributed by atoms with E-state index in [1.54, 1.807) is 0 Å². The van der Waals surface area contributed by atoms with Crippen molar-refractivity contribution < 1.29 is 13.5 Å². The van der Waals surface area contributed by atoms with Gasteiger partial charge in [0.05, 0.1) is 12.7 Å². The maximum absolute atomic E-state index is 13.6. The van der Waals surface area contributed by atoms with Crippen LogP contribution in [0.3, 0.4) is 0 Å². The zero-order chi connectivity index (χ0) is 13.7. The summed E-state index contributed by atoms with van der Waals surface area (Å²) in [5, 5.41) is 2.64. The van der Waals surface area contributed by atoms with Gasteiger partial charge in [-0.2, -0.15) is 0 Å². The molecule has 6 heteroatoms. The van der Waals surface area contributed by atoms with Gasteiger partial charge in [-0.25, -0.2) is 8.78 Å². The predicted molar refractivity (Wildman–Crippen MR) is 71.8 cm³/mol. The van der Waals surface area contributed by atoms with Gasteiger partial charge in [-0.3, -0.25) is 0 Å². The first-order valence-electron chi connectivity index (χ1n) is 5.56. The maximum atomic E-state index is 13.6. The standard InChI is InChI=1S/C12H16F2N2OS/c1-7(2)17-4-3-16-11-9(13)5-8(12(15)18)6-10(11)14/h5-7,16H,3-4H2,1-2H3,(H2,15,18). The van der Waals surface area contributed by atoms with Gasteiger partial charge < -0.3 is 15.8 Å². The lowest BCUT2D eigenvalue weighted by molar-refractivity contribution is 0.0870. The van der Waals surface area contributed by atoms with Crippen LogP contribution in [0.25, 0.3) is 0 Å². The summed E-state index contributed by atoms with van der Waals surface area (Å²) in [6.07, 6.45) is 0.0819. The van der Waals surface area contributed by atoms with Gasteiger partial charge in [0, 0.05) is 12.1 Å². The molecule has 18 heavy (non-hydrogen) atoms. The third kappa shape index (κ3) is 4.19. The number of thiocarbonyl (C=S) groups is 1. The third-order valence-electron chi connectivity index (χ3n) is 2.18. The van der Waals surface area contributed by atoms with Gasteiger partial charge in [0.25, 0.3) is 0 Å². The van der Waals surface area contributed by atoms with Crippen molar-refractivity contribution in [2.24, 2.45) is 5.73 Å². The van der Waals surface area contributed by atoms with Crippen molar-refractivity contribution in [3.05, 3.63) is 29.3 Å². The molecule has 0 aliphatic carbocycles. The lowest BCUT2D eigenvalue weighted by Gasteiger charge is -2.11. The molecule has 0 fully saturated rings. The minimum atomic E-state index is -0.720. The normalized spacial score (nSPS) is 10.7. The van der Waals surface area contributed by atoms with Gasteiger partial charge in [-0.15, -0.1) is 0 Å². The van der Waals surface area contributed by atoms with Crippen LogP contribution in [-0.2, 0) is 4.74 Å². The first-order chi connectivity index (χ1) is 8.41. The fraction of sp³-hybridized carbons (Fsp3) is 0.417. The smallest absolute Gasteiger partial charge is 0.150 e. The molecule has 0 radical (unpaired) electrons. The Morgan fingerprint density at radius 3 is 2.39 bits per heavy atom. The highest BCUT2D eigenvalue weighted by Crippen LogP contribution is 2.20. The second kappa shape index (κ2) is 6.61. The molecule has 1 aromatic rings. The van der Waals surface area contributed by atoms with E-state index < -0.39 is 11.6 Å². The highest BCUT2D eigenvalue weighted by Gasteiger charge is 2.11. The topological polar surface area (TPSA) is 47.3 Å². The first kappa shape index (κ1) is 14.8. The third-order valence-corrected chi connectivity index (χ3v) is 2.42. The van der Waals surface area contributed by atoms with E-state index >= 15 is 0 Å². The monoisotopic (exact) mass is 274 g/mol. The van der Waals surface area contributed by atoms with E-state index in [4.69, 9.17) is 10.5 Å². The van der Waals surface area contributed by atoms with E-state index in [2.05, 4.69) is 17.5 Å². The number of anilines is 1. The van der Waals surface area contributed by atoms with E-state index in [1.807, 2.05) is 13.8 Å². The van der Waals surface area contributed by atoms with E-state index in [0.29, 0.717) is 13.2 Å². The molecule has 0 aliphatic rings. The Hall–Kier alpha value is -1.27. The van der Waals surface area contributed by atoms with Gasteiger partial charge in [0.15, 0.2) is 0 Å². The summed E-state index contributed by atoms with van der Waals surface area (Å²) < 4.78 is 32.5. The van der Waals surface area contributed by atoms with Crippen LogP contribution in [0.4, 0.5) is 14.5 Å². The first-order valence-corrected chi connectivity index (χ1v) is 5.97. The summed E-state index contributed by atoms with van der Waals surface area (Å²) in [6.45, 7) is 4.46. The van der Waals surface area contributed by atoms with Crippen molar-refractivity contribution in [2.45, 2.75) is 20.0 Å². The molecule has 0 bridgehead atoms. The van der Waals surface area contributed by atoms with Crippen LogP contribution in [0, 0.1) is 11.6 Å². The number of halogens is 2. The predicted octanol–water partition coefficient (Wildman–Crippen LogP) is 2.44. The molecule has 3 nitrogen and oxygen atoms in total. The molecule has 100 valence electrons. The molecule has 0 atom stereocenters. The molecule has 0 unspecified atom stereocenters. The largest absolute Gasteiger partial charge is 0.389 e. The van der Waals surface area contributed by atoms with Crippen molar-refractivity contribution >= 4 is 22.9 Å². The molecule has 3 N–H and O–H groups in total. The summed E-state index contributed by atoms with van der Waals surface area (Å²) in [7, 11) is 0. The van der Waals surface area contributed by atoms with Gasteiger partial charge in [-0.05, 0) is 26.0 Å². The number of rotatable bonds is 6. The SMILES string of the molecule is CC(C)OCCNc1c(F)cc(C(N)=S)cc1F. The number of benzene rings is 1. The fourth-order valence-electron chi connectivity index (χ4n) is 1.35. The van der Waals surface area contributed by atoms with Gasteiger partial charge in [-0.1, -0.05) is 12.2 Å². The molecular weight excluding hydrogens is 258 g/mol. The van der Waals surface area contributed by atoms with Crippen LogP contribution in [0.5, 0.6) is 0 Å². The average molecular weight is 274 g/mol. The second-order valence-electron chi connectivity index (χ2n) is 4.03. The summed E-state index contributed by atoms with van der Waals surface area (Å²) in [5.74, 6) is -1.44. The van der Waals surface area contributed by atoms with Gasteiger partial charge in [0.2, 0.25) is 0 Å². The van der Waals surface area contributed by atoms with Crippen LogP contribution < -0.4 is 11.1 Å². The molecular formula is C12H16F2N2OS. The fourth-order valence-corrected chi connectivity index (χ4v) is 1.47. The lowest BCUT2D eigenvalue weighted by Crippen LogP contribution is -2.16. The maximum Gasteiger partial charge on any atom is 0.150 e. The highest BCUT2D eigenvalue weighted by molar-refractivity contribution is 7.80. The van der Waals surface area contributed by atoms with Gasteiger partial charge in [0.1, 0.15) is 22.3 Å². The number of hydrogen-bond acceptors (Lipinski definition) is 3. The van der Waals surface area contributed by atoms with Crippen LogP contribution in [0.2, 0.25) is 0 Å². The van der Waals surface area contributed by atoms with Crippen molar-refractivity contribution in [1.82, 2.24) is 0 Å². The van der Waals surface area contributed by atoms with Gasteiger partial charge >= 0.3 is 0 Å². The van der Waals surface area contributed by atoms with Crippen molar-refractivity contribution in [3.63, 3.8) is 0 Å². The number of nitrogens with two attached hydrogens (primary N) is 1. The van der Waals surface area contributed by atoms with Crippen molar-refractivity contribution in [1.29, 1.82) is 0 Å². The Labute approximate surface area is 110 Å². The summed E-state index contributed by atoms with van der Waals surface area (Å²) in [4.78, 5) is -0.0394. The van der Waals surface area contributed by atoms with E-state index in [1.165, 1.54) is 0 Å².